The molecule has 1 N–H and O–H groups in total. The number of ether oxygens (including phenoxy) is 1. The summed E-state index contributed by atoms with van der Waals surface area (Å²) in [6, 6.07) is 0.311. The van der Waals surface area contributed by atoms with E-state index in [2.05, 4.69) is 5.32 Å². The fourth-order valence-corrected chi connectivity index (χ4v) is 1.69. The average molecular weight is 186 g/mol. The Hall–Kier alpha value is -0.610. The van der Waals surface area contributed by atoms with Crippen molar-refractivity contribution >= 4 is 5.91 Å². The van der Waals surface area contributed by atoms with Crippen molar-refractivity contribution in [2.24, 2.45) is 0 Å². The largest absolute Gasteiger partial charge is 0.385 e. The van der Waals surface area contributed by atoms with Crippen LogP contribution in [0.1, 0.15) is 13.3 Å². The highest BCUT2D eigenvalue weighted by Crippen LogP contribution is 2.07. The molecule has 0 radical (unpaired) electrons. The van der Waals surface area contributed by atoms with Crippen molar-refractivity contribution in [1.82, 2.24) is 10.2 Å². The number of nitrogens with zero attached hydrogens (tertiary/aromatic N) is 1. The zero-order valence-corrected chi connectivity index (χ0v) is 8.38. The molecule has 1 rings (SSSR count). The summed E-state index contributed by atoms with van der Waals surface area (Å²) in [7, 11) is 1.69. The van der Waals surface area contributed by atoms with Crippen molar-refractivity contribution in [2.75, 3.05) is 33.4 Å². The molecule has 1 aliphatic rings. The summed E-state index contributed by atoms with van der Waals surface area (Å²) in [6.45, 7) is 4.97. The summed E-state index contributed by atoms with van der Waals surface area (Å²) >= 11 is 0. The van der Waals surface area contributed by atoms with Gasteiger partial charge in [-0.1, -0.05) is 0 Å². The number of carbonyl (C=O) groups is 1. The van der Waals surface area contributed by atoms with Crippen molar-refractivity contribution in [2.45, 2.75) is 19.4 Å². The van der Waals surface area contributed by atoms with E-state index >= 15 is 0 Å². The van der Waals surface area contributed by atoms with Gasteiger partial charge in [-0.05, 0) is 6.42 Å². The first-order valence-electron chi connectivity index (χ1n) is 4.72. The standard InChI is InChI=1S/C9H18N2O2/c1-8(12)11-5-4-10-7-9(11)3-6-13-2/h9-10H,3-7H2,1-2H3. The van der Waals surface area contributed by atoms with Gasteiger partial charge in [-0.25, -0.2) is 0 Å². The molecule has 0 bridgehead atoms. The predicted octanol–water partition coefficient (Wildman–Crippen LogP) is -0.157. The second-order valence-electron chi connectivity index (χ2n) is 3.35. The SMILES string of the molecule is COCCC1CNCCN1C(C)=O. The number of methoxy groups -OCH3 is 1. The van der Waals surface area contributed by atoms with Crippen LogP contribution >= 0.6 is 0 Å². The number of nitrogens with one attached hydrogen (secondary N) is 1. The second-order valence-corrected chi connectivity index (χ2v) is 3.35. The molecule has 13 heavy (non-hydrogen) atoms. The lowest BCUT2D eigenvalue weighted by molar-refractivity contribution is -0.132. The zero-order chi connectivity index (χ0) is 9.68. The number of piperazine rings is 1. The number of amides is 1. The smallest absolute Gasteiger partial charge is 0.219 e. The summed E-state index contributed by atoms with van der Waals surface area (Å²) in [5.41, 5.74) is 0. The number of hydrogen-bond acceptors (Lipinski definition) is 3. The third kappa shape index (κ3) is 2.97. The molecule has 0 aromatic rings. The summed E-state index contributed by atoms with van der Waals surface area (Å²) < 4.78 is 5.01. The lowest BCUT2D eigenvalue weighted by atomic mass is 10.1. The summed E-state index contributed by atoms with van der Waals surface area (Å²) in [5.74, 6) is 0.169. The topological polar surface area (TPSA) is 41.6 Å². The number of rotatable bonds is 3. The third-order valence-electron chi connectivity index (χ3n) is 2.41. The minimum absolute atomic E-state index is 0.169. The molecule has 0 aliphatic carbocycles. The van der Waals surface area contributed by atoms with Crippen LogP contribution in [0.4, 0.5) is 0 Å². The zero-order valence-electron chi connectivity index (χ0n) is 8.38. The molecule has 4 heteroatoms. The Morgan fingerprint density at radius 3 is 3.08 bits per heavy atom. The van der Waals surface area contributed by atoms with Gasteiger partial charge in [0.15, 0.2) is 0 Å². The van der Waals surface area contributed by atoms with Gasteiger partial charge in [0.25, 0.3) is 0 Å². The van der Waals surface area contributed by atoms with Gasteiger partial charge in [-0.3, -0.25) is 4.79 Å². The van der Waals surface area contributed by atoms with Crippen molar-refractivity contribution in [3.63, 3.8) is 0 Å². The van der Waals surface area contributed by atoms with Crippen LogP contribution in [-0.4, -0.2) is 50.2 Å². The van der Waals surface area contributed by atoms with Gasteiger partial charge in [-0.15, -0.1) is 0 Å². The van der Waals surface area contributed by atoms with E-state index in [1.54, 1.807) is 14.0 Å². The van der Waals surface area contributed by atoms with Crippen molar-refractivity contribution in [1.29, 1.82) is 0 Å². The number of carbonyl (C=O) groups excluding carboxylic acids is 1. The molecule has 0 saturated carbocycles. The van der Waals surface area contributed by atoms with Crippen LogP contribution < -0.4 is 5.32 Å². The fraction of sp³-hybridized carbons (Fsp3) is 0.889. The molecule has 1 aliphatic heterocycles. The highest BCUT2D eigenvalue weighted by molar-refractivity contribution is 5.73. The molecule has 1 amide bonds. The summed E-state index contributed by atoms with van der Waals surface area (Å²) in [5, 5.41) is 3.28. The predicted molar refractivity (Wildman–Crippen MR) is 50.5 cm³/mol. The van der Waals surface area contributed by atoms with Crippen LogP contribution in [0.3, 0.4) is 0 Å². The molecule has 0 aromatic carbocycles. The summed E-state index contributed by atoms with van der Waals surface area (Å²) in [4.78, 5) is 13.2. The monoisotopic (exact) mass is 186 g/mol. The van der Waals surface area contributed by atoms with E-state index in [9.17, 15) is 4.79 Å². The van der Waals surface area contributed by atoms with Crippen molar-refractivity contribution in [3.8, 4) is 0 Å². The first kappa shape index (κ1) is 10.5. The van der Waals surface area contributed by atoms with E-state index < -0.39 is 0 Å². The molecule has 1 saturated heterocycles. The Labute approximate surface area is 79.2 Å². The minimum Gasteiger partial charge on any atom is -0.385 e. The first-order chi connectivity index (χ1) is 6.25. The quantitative estimate of drug-likeness (QED) is 0.666. The molecule has 1 heterocycles. The van der Waals surface area contributed by atoms with E-state index in [0.29, 0.717) is 6.04 Å². The van der Waals surface area contributed by atoms with Gasteiger partial charge in [0, 0.05) is 46.3 Å². The molecule has 1 unspecified atom stereocenters. The van der Waals surface area contributed by atoms with Gasteiger partial charge in [0.05, 0.1) is 0 Å². The Balaban J connectivity index is 2.41. The maximum atomic E-state index is 11.2. The normalized spacial score (nSPS) is 23.2. The highest BCUT2D eigenvalue weighted by atomic mass is 16.5. The van der Waals surface area contributed by atoms with E-state index in [1.165, 1.54) is 0 Å². The van der Waals surface area contributed by atoms with Crippen LogP contribution in [0.25, 0.3) is 0 Å². The van der Waals surface area contributed by atoms with Crippen LogP contribution in [0, 0.1) is 0 Å². The second kappa shape index (κ2) is 5.19. The van der Waals surface area contributed by atoms with E-state index in [-0.39, 0.29) is 5.91 Å². The Kier molecular flexibility index (Phi) is 4.18. The van der Waals surface area contributed by atoms with E-state index in [0.717, 1.165) is 32.7 Å². The van der Waals surface area contributed by atoms with Crippen LogP contribution in [-0.2, 0) is 9.53 Å². The van der Waals surface area contributed by atoms with Crippen molar-refractivity contribution in [3.05, 3.63) is 0 Å². The maximum Gasteiger partial charge on any atom is 0.219 e. The van der Waals surface area contributed by atoms with Gasteiger partial charge >= 0.3 is 0 Å². The Morgan fingerprint density at radius 2 is 2.46 bits per heavy atom. The van der Waals surface area contributed by atoms with E-state index in [4.69, 9.17) is 4.74 Å². The third-order valence-corrected chi connectivity index (χ3v) is 2.41. The fourth-order valence-electron chi connectivity index (χ4n) is 1.69. The highest BCUT2D eigenvalue weighted by Gasteiger charge is 2.23. The Bertz CT molecular complexity index is 173. The molecular weight excluding hydrogens is 168 g/mol. The molecular formula is C9H18N2O2. The lowest BCUT2D eigenvalue weighted by Gasteiger charge is -2.35. The number of hydrogen-bond donors (Lipinski definition) is 1. The van der Waals surface area contributed by atoms with Gasteiger partial charge in [0.1, 0.15) is 0 Å². The van der Waals surface area contributed by atoms with E-state index in [1.807, 2.05) is 4.90 Å². The maximum absolute atomic E-state index is 11.2. The first-order valence-corrected chi connectivity index (χ1v) is 4.72. The van der Waals surface area contributed by atoms with Gasteiger partial charge in [0.2, 0.25) is 5.91 Å². The molecule has 0 aromatic heterocycles. The summed E-state index contributed by atoms with van der Waals surface area (Å²) in [6.07, 6.45) is 0.920. The molecule has 1 atom stereocenters. The van der Waals surface area contributed by atoms with Crippen LogP contribution in [0.2, 0.25) is 0 Å². The van der Waals surface area contributed by atoms with Crippen LogP contribution in [0.5, 0.6) is 0 Å². The average Bonchev–Trinajstić information content (AvgIpc) is 2.15. The van der Waals surface area contributed by atoms with Gasteiger partial charge < -0.3 is 15.0 Å². The molecule has 4 nitrogen and oxygen atoms in total. The van der Waals surface area contributed by atoms with Crippen LogP contribution in [0.15, 0.2) is 0 Å². The lowest BCUT2D eigenvalue weighted by Crippen LogP contribution is -2.53. The molecule has 76 valence electrons. The van der Waals surface area contributed by atoms with Gasteiger partial charge in [-0.2, -0.15) is 0 Å². The molecule has 0 spiro atoms. The molecule has 1 fully saturated rings. The van der Waals surface area contributed by atoms with Crippen molar-refractivity contribution < 1.29 is 9.53 Å². The Morgan fingerprint density at radius 1 is 1.69 bits per heavy atom. The minimum atomic E-state index is 0.169.